The van der Waals surface area contributed by atoms with E-state index in [4.69, 9.17) is 4.74 Å². The van der Waals surface area contributed by atoms with Gasteiger partial charge >= 0.3 is 0 Å². The SMILES string of the molecule is CC#CC(=O)Nc1ccc(C(=O)N(C)C)cc1OCC. The fourth-order valence-corrected chi connectivity index (χ4v) is 1.56. The molecule has 0 bridgehead atoms. The third-order valence-corrected chi connectivity index (χ3v) is 2.42. The summed E-state index contributed by atoms with van der Waals surface area (Å²) in [5.41, 5.74) is 0.993. The molecule has 0 saturated carbocycles. The zero-order chi connectivity index (χ0) is 15.1. The first kappa shape index (κ1) is 15.6. The number of carbonyl (C=O) groups excluding carboxylic acids is 2. The molecule has 0 unspecified atom stereocenters. The van der Waals surface area contributed by atoms with Crippen LogP contribution in [0.15, 0.2) is 18.2 Å². The first-order chi connectivity index (χ1) is 9.49. The van der Waals surface area contributed by atoms with Gasteiger partial charge in [-0.3, -0.25) is 9.59 Å². The third-order valence-electron chi connectivity index (χ3n) is 2.42. The Morgan fingerprint density at radius 2 is 2.05 bits per heavy atom. The van der Waals surface area contributed by atoms with Crippen LogP contribution in [0, 0.1) is 11.8 Å². The van der Waals surface area contributed by atoms with Crippen LogP contribution in [-0.4, -0.2) is 37.4 Å². The van der Waals surface area contributed by atoms with Crippen LogP contribution in [0.25, 0.3) is 0 Å². The zero-order valence-electron chi connectivity index (χ0n) is 12.1. The number of anilines is 1. The van der Waals surface area contributed by atoms with E-state index >= 15 is 0 Å². The molecule has 0 atom stereocenters. The van der Waals surface area contributed by atoms with Crippen molar-refractivity contribution in [3.05, 3.63) is 23.8 Å². The van der Waals surface area contributed by atoms with Crippen LogP contribution in [0.3, 0.4) is 0 Å². The molecule has 5 heteroatoms. The Balaban J connectivity index is 3.09. The minimum atomic E-state index is -0.417. The van der Waals surface area contributed by atoms with Crippen LogP contribution < -0.4 is 10.1 Å². The van der Waals surface area contributed by atoms with Crippen molar-refractivity contribution in [1.82, 2.24) is 4.90 Å². The maximum atomic E-state index is 11.9. The van der Waals surface area contributed by atoms with Crippen molar-refractivity contribution >= 4 is 17.5 Å². The van der Waals surface area contributed by atoms with Gasteiger partial charge in [0.05, 0.1) is 12.3 Å². The molecule has 0 heterocycles. The fourth-order valence-electron chi connectivity index (χ4n) is 1.56. The minimum absolute atomic E-state index is 0.128. The molecule has 0 aromatic heterocycles. The summed E-state index contributed by atoms with van der Waals surface area (Å²) >= 11 is 0. The molecule has 0 fully saturated rings. The van der Waals surface area contributed by atoms with Crippen LogP contribution >= 0.6 is 0 Å². The first-order valence-electron chi connectivity index (χ1n) is 6.21. The highest BCUT2D eigenvalue weighted by molar-refractivity contribution is 6.05. The number of amides is 2. The molecule has 0 saturated heterocycles. The Kier molecular flexibility index (Phi) is 5.60. The number of ether oxygens (including phenoxy) is 1. The summed E-state index contributed by atoms with van der Waals surface area (Å²) in [6.07, 6.45) is 0. The van der Waals surface area contributed by atoms with Gasteiger partial charge in [-0.1, -0.05) is 5.92 Å². The van der Waals surface area contributed by atoms with E-state index < -0.39 is 5.91 Å². The van der Waals surface area contributed by atoms with E-state index in [9.17, 15) is 9.59 Å². The zero-order valence-corrected chi connectivity index (χ0v) is 12.1. The number of hydrogen-bond donors (Lipinski definition) is 1. The lowest BCUT2D eigenvalue weighted by molar-refractivity contribution is -0.111. The van der Waals surface area contributed by atoms with Crippen LogP contribution in [0.2, 0.25) is 0 Å². The van der Waals surface area contributed by atoms with Crippen LogP contribution in [0.1, 0.15) is 24.2 Å². The molecule has 2 amide bonds. The normalized spacial score (nSPS) is 9.20. The van der Waals surface area contributed by atoms with Crippen molar-refractivity contribution in [3.8, 4) is 17.6 Å². The second-order valence-corrected chi connectivity index (χ2v) is 4.17. The monoisotopic (exact) mass is 274 g/mol. The number of rotatable bonds is 4. The lowest BCUT2D eigenvalue weighted by Gasteiger charge is -2.14. The van der Waals surface area contributed by atoms with E-state index in [0.717, 1.165) is 0 Å². The third kappa shape index (κ3) is 4.02. The van der Waals surface area contributed by atoms with E-state index in [2.05, 4.69) is 17.2 Å². The summed E-state index contributed by atoms with van der Waals surface area (Å²) < 4.78 is 5.45. The van der Waals surface area contributed by atoms with Gasteiger partial charge in [0.2, 0.25) is 0 Å². The molecule has 20 heavy (non-hydrogen) atoms. The summed E-state index contributed by atoms with van der Waals surface area (Å²) in [6, 6.07) is 4.89. The topological polar surface area (TPSA) is 58.6 Å². The van der Waals surface area contributed by atoms with Gasteiger partial charge in [-0.15, -0.1) is 0 Å². The average Bonchev–Trinajstić information content (AvgIpc) is 2.40. The van der Waals surface area contributed by atoms with Crippen molar-refractivity contribution in [2.75, 3.05) is 26.0 Å². The molecule has 1 aromatic rings. The highest BCUT2D eigenvalue weighted by Crippen LogP contribution is 2.26. The van der Waals surface area contributed by atoms with E-state index in [1.165, 1.54) is 4.90 Å². The molecule has 1 rings (SSSR count). The summed E-state index contributed by atoms with van der Waals surface area (Å²) in [4.78, 5) is 24.9. The highest BCUT2D eigenvalue weighted by atomic mass is 16.5. The van der Waals surface area contributed by atoms with Gasteiger partial charge in [0.15, 0.2) is 0 Å². The average molecular weight is 274 g/mol. The Hall–Kier alpha value is -2.48. The van der Waals surface area contributed by atoms with Crippen LogP contribution in [-0.2, 0) is 4.79 Å². The van der Waals surface area contributed by atoms with Gasteiger partial charge in [-0.25, -0.2) is 0 Å². The number of nitrogens with zero attached hydrogens (tertiary/aromatic N) is 1. The van der Waals surface area contributed by atoms with E-state index in [1.54, 1.807) is 39.2 Å². The van der Waals surface area contributed by atoms with Crippen LogP contribution in [0.5, 0.6) is 5.75 Å². The standard InChI is InChI=1S/C15H18N2O3/c1-5-7-14(18)16-12-9-8-11(15(19)17(3)4)10-13(12)20-6-2/h8-10H,6H2,1-4H3,(H,16,18). The van der Waals surface area contributed by atoms with Crippen molar-refractivity contribution in [2.45, 2.75) is 13.8 Å². The van der Waals surface area contributed by atoms with Crippen molar-refractivity contribution in [2.24, 2.45) is 0 Å². The first-order valence-corrected chi connectivity index (χ1v) is 6.21. The van der Waals surface area contributed by atoms with Gasteiger partial charge in [-0.2, -0.15) is 0 Å². The molecule has 0 aliphatic rings. The molecule has 5 nitrogen and oxygen atoms in total. The van der Waals surface area contributed by atoms with Gasteiger partial charge in [0.1, 0.15) is 5.75 Å². The fraction of sp³-hybridized carbons (Fsp3) is 0.333. The summed E-state index contributed by atoms with van der Waals surface area (Å²) in [6.45, 7) is 3.85. The summed E-state index contributed by atoms with van der Waals surface area (Å²) in [7, 11) is 3.35. The number of hydrogen-bond acceptors (Lipinski definition) is 3. The Labute approximate surface area is 118 Å². The maximum Gasteiger partial charge on any atom is 0.300 e. The summed E-state index contributed by atoms with van der Waals surface area (Å²) in [5, 5.41) is 2.63. The molecule has 0 aliphatic carbocycles. The van der Waals surface area contributed by atoms with Gasteiger partial charge in [0, 0.05) is 19.7 Å². The van der Waals surface area contributed by atoms with Crippen molar-refractivity contribution < 1.29 is 14.3 Å². The predicted octanol–water partition coefficient (Wildman–Crippen LogP) is 1.75. The number of benzene rings is 1. The molecular formula is C15H18N2O3. The summed E-state index contributed by atoms with van der Waals surface area (Å²) in [5.74, 6) is 4.81. The smallest absolute Gasteiger partial charge is 0.300 e. The number of nitrogens with one attached hydrogen (secondary N) is 1. The largest absolute Gasteiger partial charge is 0.492 e. The molecular weight excluding hydrogens is 256 g/mol. The maximum absolute atomic E-state index is 11.9. The second kappa shape index (κ2) is 7.19. The molecule has 0 spiro atoms. The molecule has 0 radical (unpaired) electrons. The predicted molar refractivity (Wildman–Crippen MR) is 77.7 cm³/mol. The van der Waals surface area contributed by atoms with Crippen molar-refractivity contribution in [3.63, 3.8) is 0 Å². The highest BCUT2D eigenvalue weighted by Gasteiger charge is 2.13. The Morgan fingerprint density at radius 3 is 2.60 bits per heavy atom. The van der Waals surface area contributed by atoms with Gasteiger partial charge in [-0.05, 0) is 38.0 Å². The van der Waals surface area contributed by atoms with Crippen LogP contribution in [0.4, 0.5) is 5.69 Å². The van der Waals surface area contributed by atoms with Gasteiger partial charge in [0.25, 0.3) is 11.8 Å². The number of carbonyl (C=O) groups is 2. The molecule has 1 N–H and O–H groups in total. The molecule has 0 aliphatic heterocycles. The van der Waals surface area contributed by atoms with E-state index in [1.807, 2.05) is 6.92 Å². The van der Waals surface area contributed by atoms with E-state index in [-0.39, 0.29) is 5.91 Å². The lowest BCUT2D eigenvalue weighted by atomic mass is 10.1. The second-order valence-electron chi connectivity index (χ2n) is 4.17. The lowest BCUT2D eigenvalue weighted by Crippen LogP contribution is -2.21. The Morgan fingerprint density at radius 1 is 1.35 bits per heavy atom. The van der Waals surface area contributed by atoms with Gasteiger partial charge < -0.3 is 15.0 Å². The van der Waals surface area contributed by atoms with Crippen molar-refractivity contribution in [1.29, 1.82) is 0 Å². The quantitative estimate of drug-likeness (QED) is 0.851. The molecule has 1 aromatic carbocycles. The molecule has 106 valence electrons. The minimum Gasteiger partial charge on any atom is -0.492 e. The van der Waals surface area contributed by atoms with E-state index in [0.29, 0.717) is 23.6 Å². The Bertz CT molecular complexity index is 568.